The Balaban J connectivity index is 2.45. The van der Waals surface area contributed by atoms with Crippen molar-refractivity contribution in [2.75, 3.05) is 0 Å². The topological polar surface area (TPSA) is 35.2 Å². The Labute approximate surface area is 120 Å². The molecule has 0 unspecified atom stereocenters. The van der Waals surface area contributed by atoms with Crippen molar-refractivity contribution in [3.05, 3.63) is 58.4 Å². The molecule has 0 aliphatic heterocycles. The number of thiocarbonyl (C=S) groups is 1. The minimum atomic E-state index is -0.375. The van der Waals surface area contributed by atoms with Gasteiger partial charge >= 0.3 is 0 Å². The first-order valence-electron chi connectivity index (χ1n) is 5.51. The molecule has 2 rings (SSSR count). The van der Waals surface area contributed by atoms with E-state index in [9.17, 15) is 4.39 Å². The largest absolute Gasteiger partial charge is 0.456 e. The lowest BCUT2D eigenvalue weighted by atomic mass is 10.2. The lowest BCUT2D eigenvalue weighted by molar-refractivity contribution is 0.472. The standard InChI is InChI=1S/C14H11ClFNOS/c1-8-2-4-10(16)7-12(8)18-13-6-9(15)3-5-11(13)14(17)19/h2-7H,1H3,(H2,17,19). The molecule has 0 atom stereocenters. The summed E-state index contributed by atoms with van der Waals surface area (Å²) in [6.07, 6.45) is 0. The number of rotatable bonds is 3. The maximum atomic E-state index is 13.2. The molecule has 0 fully saturated rings. The second-order valence-corrected chi connectivity index (χ2v) is 4.89. The van der Waals surface area contributed by atoms with Gasteiger partial charge < -0.3 is 10.5 Å². The van der Waals surface area contributed by atoms with E-state index in [0.29, 0.717) is 22.1 Å². The molecule has 2 aromatic carbocycles. The lowest BCUT2D eigenvalue weighted by Crippen LogP contribution is -2.10. The summed E-state index contributed by atoms with van der Waals surface area (Å²) in [5, 5.41) is 0.490. The molecule has 0 saturated carbocycles. The SMILES string of the molecule is Cc1ccc(F)cc1Oc1cc(Cl)ccc1C(N)=S. The van der Waals surface area contributed by atoms with E-state index in [4.69, 9.17) is 34.3 Å². The maximum Gasteiger partial charge on any atom is 0.139 e. The molecule has 98 valence electrons. The molecule has 0 aliphatic carbocycles. The van der Waals surface area contributed by atoms with Gasteiger partial charge in [-0.1, -0.05) is 29.9 Å². The van der Waals surface area contributed by atoms with E-state index in [1.165, 1.54) is 12.1 Å². The van der Waals surface area contributed by atoms with Gasteiger partial charge in [-0.05, 0) is 30.7 Å². The Kier molecular flexibility index (Phi) is 4.02. The summed E-state index contributed by atoms with van der Waals surface area (Å²) in [6.45, 7) is 1.82. The van der Waals surface area contributed by atoms with Crippen LogP contribution in [0.15, 0.2) is 36.4 Å². The zero-order valence-electron chi connectivity index (χ0n) is 10.1. The molecule has 5 heteroatoms. The molecule has 0 spiro atoms. The number of aryl methyl sites for hydroxylation is 1. The van der Waals surface area contributed by atoms with E-state index < -0.39 is 0 Å². The molecule has 0 amide bonds. The summed E-state index contributed by atoms with van der Waals surface area (Å²) in [5.74, 6) is 0.438. The monoisotopic (exact) mass is 295 g/mol. The van der Waals surface area contributed by atoms with Crippen LogP contribution in [0.4, 0.5) is 4.39 Å². The van der Waals surface area contributed by atoms with E-state index >= 15 is 0 Å². The van der Waals surface area contributed by atoms with Gasteiger partial charge in [-0.15, -0.1) is 0 Å². The fourth-order valence-electron chi connectivity index (χ4n) is 1.59. The van der Waals surface area contributed by atoms with Crippen LogP contribution in [0, 0.1) is 12.7 Å². The second-order valence-electron chi connectivity index (χ2n) is 4.02. The number of benzene rings is 2. The Morgan fingerprint density at radius 3 is 2.63 bits per heavy atom. The van der Waals surface area contributed by atoms with Crippen molar-refractivity contribution in [3.8, 4) is 11.5 Å². The second kappa shape index (κ2) is 5.55. The number of nitrogens with two attached hydrogens (primary N) is 1. The fourth-order valence-corrected chi connectivity index (χ4v) is 1.92. The average Bonchev–Trinajstić information content (AvgIpc) is 2.33. The van der Waals surface area contributed by atoms with Crippen LogP contribution in [-0.4, -0.2) is 4.99 Å². The molecule has 0 bridgehead atoms. The molecule has 19 heavy (non-hydrogen) atoms. The van der Waals surface area contributed by atoms with Crippen LogP contribution in [0.5, 0.6) is 11.5 Å². The third-order valence-corrected chi connectivity index (χ3v) is 3.03. The van der Waals surface area contributed by atoms with Gasteiger partial charge in [-0.25, -0.2) is 4.39 Å². The zero-order valence-corrected chi connectivity index (χ0v) is 11.7. The first kappa shape index (κ1) is 13.8. The zero-order chi connectivity index (χ0) is 14.0. The van der Waals surface area contributed by atoms with Gasteiger partial charge in [0.2, 0.25) is 0 Å². The van der Waals surface area contributed by atoms with E-state index in [1.807, 2.05) is 6.92 Å². The lowest BCUT2D eigenvalue weighted by Gasteiger charge is -2.12. The molecule has 0 aliphatic rings. The number of hydrogen-bond donors (Lipinski definition) is 1. The highest BCUT2D eigenvalue weighted by atomic mass is 35.5. The summed E-state index contributed by atoms with van der Waals surface area (Å²) in [4.78, 5) is 0.195. The normalized spacial score (nSPS) is 10.3. The summed E-state index contributed by atoms with van der Waals surface area (Å²) in [7, 11) is 0. The smallest absolute Gasteiger partial charge is 0.139 e. The molecule has 0 aromatic heterocycles. The third-order valence-electron chi connectivity index (χ3n) is 2.58. The minimum Gasteiger partial charge on any atom is -0.456 e. The Bertz CT molecular complexity index is 645. The van der Waals surface area contributed by atoms with E-state index in [-0.39, 0.29) is 10.8 Å². The third kappa shape index (κ3) is 3.22. The molecular formula is C14H11ClFNOS. The molecule has 0 radical (unpaired) electrons. The van der Waals surface area contributed by atoms with Gasteiger partial charge in [0.05, 0.1) is 5.56 Å². The minimum absolute atomic E-state index is 0.195. The number of hydrogen-bond acceptors (Lipinski definition) is 2. The van der Waals surface area contributed by atoms with Gasteiger partial charge in [0, 0.05) is 17.2 Å². The first-order valence-corrected chi connectivity index (χ1v) is 6.29. The molecule has 2 N–H and O–H groups in total. The van der Waals surface area contributed by atoms with Gasteiger partial charge in [0.1, 0.15) is 22.3 Å². The van der Waals surface area contributed by atoms with E-state index in [1.54, 1.807) is 24.3 Å². The number of halogens is 2. The van der Waals surface area contributed by atoms with Crippen molar-refractivity contribution < 1.29 is 9.13 Å². The van der Waals surface area contributed by atoms with Crippen LogP contribution in [0.3, 0.4) is 0 Å². The van der Waals surface area contributed by atoms with Crippen LogP contribution in [0.2, 0.25) is 5.02 Å². The maximum absolute atomic E-state index is 13.2. The number of ether oxygens (including phenoxy) is 1. The summed E-state index contributed by atoms with van der Waals surface area (Å²) >= 11 is 10.9. The molecule has 0 heterocycles. The quantitative estimate of drug-likeness (QED) is 0.861. The van der Waals surface area contributed by atoms with Gasteiger partial charge in [-0.3, -0.25) is 0 Å². The van der Waals surface area contributed by atoms with Crippen LogP contribution in [-0.2, 0) is 0 Å². The Morgan fingerprint density at radius 2 is 1.95 bits per heavy atom. The van der Waals surface area contributed by atoms with Crippen LogP contribution < -0.4 is 10.5 Å². The molecule has 2 aromatic rings. The highest BCUT2D eigenvalue weighted by Crippen LogP contribution is 2.30. The van der Waals surface area contributed by atoms with Gasteiger partial charge in [0.25, 0.3) is 0 Å². The van der Waals surface area contributed by atoms with E-state index in [0.717, 1.165) is 5.56 Å². The molecular weight excluding hydrogens is 285 g/mol. The van der Waals surface area contributed by atoms with Gasteiger partial charge in [-0.2, -0.15) is 0 Å². The van der Waals surface area contributed by atoms with Crippen molar-refractivity contribution in [1.29, 1.82) is 0 Å². The Hall–Kier alpha value is -1.65. The fraction of sp³-hybridized carbons (Fsp3) is 0.0714. The van der Waals surface area contributed by atoms with Crippen LogP contribution >= 0.6 is 23.8 Å². The van der Waals surface area contributed by atoms with Crippen molar-refractivity contribution in [2.24, 2.45) is 5.73 Å². The summed E-state index contributed by atoms with van der Waals surface area (Å²) in [5.41, 5.74) is 6.98. The average molecular weight is 296 g/mol. The van der Waals surface area contributed by atoms with E-state index in [2.05, 4.69) is 0 Å². The molecule has 2 nitrogen and oxygen atoms in total. The van der Waals surface area contributed by atoms with Crippen molar-refractivity contribution >= 4 is 28.8 Å². The van der Waals surface area contributed by atoms with Crippen molar-refractivity contribution in [1.82, 2.24) is 0 Å². The predicted molar refractivity (Wildman–Crippen MR) is 78.6 cm³/mol. The Morgan fingerprint density at radius 1 is 1.21 bits per heavy atom. The van der Waals surface area contributed by atoms with Gasteiger partial charge in [0.15, 0.2) is 0 Å². The van der Waals surface area contributed by atoms with Crippen molar-refractivity contribution in [2.45, 2.75) is 6.92 Å². The summed E-state index contributed by atoms with van der Waals surface area (Å²) in [6, 6.07) is 9.25. The molecule has 0 saturated heterocycles. The highest BCUT2D eigenvalue weighted by molar-refractivity contribution is 7.80. The van der Waals surface area contributed by atoms with Crippen LogP contribution in [0.25, 0.3) is 0 Å². The highest BCUT2D eigenvalue weighted by Gasteiger charge is 2.10. The first-order chi connectivity index (χ1) is 8.97. The summed E-state index contributed by atoms with van der Waals surface area (Å²) < 4.78 is 18.9. The van der Waals surface area contributed by atoms with Crippen LogP contribution in [0.1, 0.15) is 11.1 Å². The van der Waals surface area contributed by atoms with Crippen molar-refractivity contribution in [3.63, 3.8) is 0 Å². The predicted octanol–water partition coefficient (Wildman–Crippen LogP) is 4.21.